The summed E-state index contributed by atoms with van der Waals surface area (Å²) in [6, 6.07) is 16.7. The van der Waals surface area contributed by atoms with Gasteiger partial charge in [0.15, 0.2) is 5.78 Å². The fraction of sp³-hybridized carbons (Fsp3) is 0.182. The zero-order valence-corrected chi connectivity index (χ0v) is 16.1. The van der Waals surface area contributed by atoms with E-state index < -0.39 is 0 Å². The van der Waals surface area contributed by atoms with Crippen LogP contribution in [0.5, 0.6) is 0 Å². The molecule has 0 aliphatic heterocycles. The highest BCUT2D eigenvalue weighted by Crippen LogP contribution is 2.17. The van der Waals surface area contributed by atoms with Gasteiger partial charge in [-0.3, -0.25) is 9.59 Å². The van der Waals surface area contributed by atoms with Crippen molar-refractivity contribution < 1.29 is 9.59 Å². The van der Waals surface area contributed by atoms with Gasteiger partial charge in [0.2, 0.25) is 0 Å². The van der Waals surface area contributed by atoms with Crippen LogP contribution in [0, 0.1) is 13.8 Å². The summed E-state index contributed by atoms with van der Waals surface area (Å²) in [6.45, 7) is 5.71. The molecule has 1 heterocycles. The van der Waals surface area contributed by atoms with Crippen molar-refractivity contribution in [2.24, 2.45) is 0 Å². The van der Waals surface area contributed by atoms with E-state index in [1.807, 2.05) is 31.2 Å². The van der Waals surface area contributed by atoms with E-state index in [1.54, 1.807) is 37.3 Å². The van der Waals surface area contributed by atoms with Crippen LogP contribution in [0.1, 0.15) is 44.7 Å². The van der Waals surface area contributed by atoms with E-state index in [0.29, 0.717) is 29.4 Å². The molecule has 28 heavy (non-hydrogen) atoms. The van der Waals surface area contributed by atoms with Gasteiger partial charge in [-0.25, -0.2) is 9.97 Å². The molecule has 0 aliphatic rings. The molecule has 2 aromatic carbocycles. The summed E-state index contributed by atoms with van der Waals surface area (Å²) in [4.78, 5) is 32.5. The summed E-state index contributed by atoms with van der Waals surface area (Å²) in [5.41, 5.74) is 3.88. The highest BCUT2D eigenvalue weighted by atomic mass is 16.1. The maximum Gasteiger partial charge on any atom is 0.270 e. The molecule has 1 aromatic heterocycles. The Morgan fingerprint density at radius 3 is 2.39 bits per heavy atom. The second kappa shape index (κ2) is 8.43. The lowest BCUT2D eigenvalue weighted by atomic mass is 10.1. The van der Waals surface area contributed by atoms with Gasteiger partial charge in [0.25, 0.3) is 5.91 Å². The molecule has 0 spiro atoms. The fourth-order valence-corrected chi connectivity index (χ4v) is 2.78. The van der Waals surface area contributed by atoms with Gasteiger partial charge in [-0.05, 0) is 50.6 Å². The van der Waals surface area contributed by atoms with Crippen LogP contribution in [0.25, 0.3) is 0 Å². The topological polar surface area (TPSA) is 84.0 Å². The summed E-state index contributed by atoms with van der Waals surface area (Å²) in [5, 5.41) is 6.03. The number of rotatable bonds is 6. The molecule has 2 N–H and O–H groups in total. The molecular weight excluding hydrogens is 352 g/mol. The minimum absolute atomic E-state index is 0.0111. The molecule has 3 aromatic rings. The monoisotopic (exact) mass is 374 g/mol. The SMILES string of the molecule is CC(=O)c1ccc(Nc2cc(C(=O)NCc3cccc(C)c3)nc(C)n2)cc1. The Bertz CT molecular complexity index is 1010. The highest BCUT2D eigenvalue weighted by molar-refractivity contribution is 5.94. The summed E-state index contributed by atoms with van der Waals surface area (Å²) < 4.78 is 0. The number of amides is 1. The zero-order chi connectivity index (χ0) is 20.1. The van der Waals surface area contributed by atoms with Crippen LogP contribution in [0.2, 0.25) is 0 Å². The first kappa shape index (κ1) is 19.2. The van der Waals surface area contributed by atoms with Gasteiger partial charge in [0, 0.05) is 23.9 Å². The number of nitrogens with zero attached hydrogens (tertiary/aromatic N) is 2. The first-order chi connectivity index (χ1) is 13.4. The Morgan fingerprint density at radius 2 is 1.71 bits per heavy atom. The molecule has 1 amide bonds. The van der Waals surface area contributed by atoms with E-state index in [2.05, 4.69) is 20.6 Å². The molecule has 0 aliphatic carbocycles. The van der Waals surface area contributed by atoms with Gasteiger partial charge in [0.05, 0.1) is 0 Å². The lowest BCUT2D eigenvalue weighted by Gasteiger charge is -2.10. The van der Waals surface area contributed by atoms with E-state index in [1.165, 1.54) is 6.92 Å². The first-order valence-corrected chi connectivity index (χ1v) is 8.98. The third-order valence-electron chi connectivity index (χ3n) is 4.17. The Morgan fingerprint density at radius 1 is 0.964 bits per heavy atom. The van der Waals surface area contributed by atoms with Crippen LogP contribution in [0.3, 0.4) is 0 Å². The normalized spacial score (nSPS) is 10.4. The quantitative estimate of drug-likeness (QED) is 0.638. The average Bonchev–Trinajstić information content (AvgIpc) is 2.66. The van der Waals surface area contributed by atoms with Crippen LogP contribution < -0.4 is 10.6 Å². The third kappa shape index (κ3) is 5.01. The Kier molecular flexibility index (Phi) is 5.79. The number of carbonyl (C=O) groups excluding carboxylic acids is 2. The number of anilines is 2. The number of aromatic nitrogens is 2. The third-order valence-corrected chi connectivity index (χ3v) is 4.17. The van der Waals surface area contributed by atoms with Gasteiger partial charge >= 0.3 is 0 Å². The van der Waals surface area contributed by atoms with Crippen LogP contribution in [-0.4, -0.2) is 21.7 Å². The molecule has 0 radical (unpaired) electrons. The van der Waals surface area contributed by atoms with Crippen molar-refractivity contribution in [3.05, 3.63) is 82.8 Å². The lowest BCUT2D eigenvalue weighted by Crippen LogP contribution is -2.24. The number of hydrogen-bond donors (Lipinski definition) is 2. The highest BCUT2D eigenvalue weighted by Gasteiger charge is 2.11. The first-order valence-electron chi connectivity index (χ1n) is 8.98. The molecule has 6 nitrogen and oxygen atoms in total. The van der Waals surface area contributed by atoms with Crippen molar-refractivity contribution in [2.75, 3.05) is 5.32 Å². The summed E-state index contributed by atoms with van der Waals surface area (Å²) in [6.07, 6.45) is 0. The molecule has 3 rings (SSSR count). The number of aryl methyl sites for hydroxylation is 2. The van der Waals surface area contributed by atoms with E-state index in [4.69, 9.17) is 0 Å². The van der Waals surface area contributed by atoms with Gasteiger partial charge in [-0.1, -0.05) is 29.8 Å². The standard InChI is InChI=1S/C22H22N4O2/c1-14-5-4-6-17(11-14)13-23-22(28)20-12-21(25-16(3)24-20)26-19-9-7-18(8-10-19)15(2)27/h4-12H,13H2,1-3H3,(H,23,28)(H,24,25,26). The maximum atomic E-state index is 12.5. The van der Waals surface area contributed by atoms with E-state index in [-0.39, 0.29) is 11.7 Å². The fourth-order valence-electron chi connectivity index (χ4n) is 2.78. The number of Topliss-reactive ketones (excluding diaryl/α,β-unsaturated/α-hetero) is 1. The van der Waals surface area contributed by atoms with E-state index in [0.717, 1.165) is 16.8 Å². The Balaban J connectivity index is 1.71. The van der Waals surface area contributed by atoms with Crippen molar-refractivity contribution in [3.63, 3.8) is 0 Å². The lowest BCUT2D eigenvalue weighted by molar-refractivity contribution is 0.0944. The smallest absolute Gasteiger partial charge is 0.270 e. The number of benzene rings is 2. The molecule has 0 saturated carbocycles. The Labute approximate surface area is 164 Å². The van der Waals surface area contributed by atoms with Crippen molar-refractivity contribution in [2.45, 2.75) is 27.3 Å². The van der Waals surface area contributed by atoms with Crippen LogP contribution in [0.15, 0.2) is 54.6 Å². The molecule has 0 atom stereocenters. The van der Waals surface area contributed by atoms with Crippen molar-refractivity contribution >= 4 is 23.2 Å². The second-order valence-electron chi connectivity index (χ2n) is 6.62. The van der Waals surface area contributed by atoms with Crippen LogP contribution >= 0.6 is 0 Å². The van der Waals surface area contributed by atoms with Crippen molar-refractivity contribution in [3.8, 4) is 0 Å². The summed E-state index contributed by atoms with van der Waals surface area (Å²) >= 11 is 0. The van der Waals surface area contributed by atoms with Gasteiger partial charge in [0.1, 0.15) is 17.3 Å². The molecule has 0 saturated heterocycles. The largest absolute Gasteiger partial charge is 0.347 e. The van der Waals surface area contributed by atoms with Gasteiger partial charge in [-0.2, -0.15) is 0 Å². The maximum absolute atomic E-state index is 12.5. The van der Waals surface area contributed by atoms with Crippen LogP contribution in [-0.2, 0) is 6.54 Å². The minimum Gasteiger partial charge on any atom is -0.347 e. The zero-order valence-electron chi connectivity index (χ0n) is 16.1. The second-order valence-corrected chi connectivity index (χ2v) is 6.62. The van der Waals surface area contributed by atoms with E-state index in [9.17, 15) is 9.59 Å². The molecule has 0 bridgehead atoms. The van der Waals surface area contributed by atoms with Gasteiger partial charge < -0.3 is 10.6 Å². The molecule has 6 heteroatoms. The molecule has 142 valence electrons. The summed E-state index contributed by atoms with van der Waals surface area (Å²) in [5.74, 6) is 0.758. The average molecular weight is 374 g/mol. The number of ketones is 1. The molecular formula is C22H22N4O2. The predicted molar refractivity (Wildman–Crippen MR) is 109 cm³/mol. The van der Waals surface area contributed by atoms with Gasteiger partial charge in [-0.15, -0.1) is 0 Å². The van der Waals surface area contributed by atoms with Crippen molar-refractivity contribution in [1.82, 2.24) is 15.3 Å². The van der Waals surface area contributed by atoms with E-state index >= 15 is 0 Å². The van der Waals surface area contributed by atoms with Crippen LogP contribution in [0.4, 0.5) is 11.5 Å². The number of nitrogens with one attached hydrogen (secondary N) is 2. The number of hydrogen-bond acceptors (Lipinski definition) is 5. The molecule has 0 fully saturated rings. The minimum atomic E-state index is -0.262. The summed E-state index contributed by atoms with van der Waals surface area (Å²) in [7, 11) is 0. The Hall–Kier alpha value is -3.54. The predicted octanol–water partition coefficient (Wildman–Crippen LogP) is 3.97. The van der Waals surface area contributed by atoms with Crippen molar-refractivity contribution in [1.29, 1.82) is 0 Å². The number of carbonyl (C=O) groups is 2. The molecule has 0 unspecified atom stereocenters.